The largest absolute Gasteiger partial charge is 0.582 e. The Bertz CT molecular complexity index is 26.5. The van der Waals surface area contributed by atoms with E-state index in [4.69, 9.17) is 9.66 Å². The molecule has 0 unspecified atom stereocenters. The molecule has 0 heterocycles. The van der Waals surface area contributed by atoms with E-state index in [2.05, 4.69) is 21.4 Å². The van der Waals surface area contributed by atoms with Crippen LogP contribution in [-0.2, 0) is 9.60 Å². The second-order valence-corrected chi connectivity index (χ2v) is 3.02. The molecule has 0 saturated carbocycles. The molecular weight excluding hydrogens is 175 g/mol. The van der Waals surface area contributed by atoms with E-state index in [9.17, 15) is 0 Å². The maximum atomic E-state index is 9.09. The minimum Gasteiger partial charge on any atom is -0.582 e. The summed E-state index contributed by atoms with van der Waals surface area (Å²) in [7, 11) is 7.36. The fourth-order valence-electron chi connectivity index (χ4n) is 0. The van der Waals surface area contributed by atoms with Crippen LogP contribution in [-0.4, -0.2) is 21.7 Å². The van der Waals surface area contributed by atoms with Gasteiger partial charge in [-0.1, -0.05) is 0 Å². The smallest absolute Gasteiger partial charge is 0.198 e. The van der Waals surface area contributed by atoms with Crippen molar-refractivity contribution in [1.82, 2.24) is 0 Å². The summed E-state index contributed by atoms with van der Waals surface area (Å²) in [4.78, 5) is 0. The Labute approximate surface area is 60.1 Å². The van der Waals surface area contributed by atoms with Crippen LogP contribution in [0, 0.1) is 0 Å². The molecule has 0 fully saturated rings. The summed E-state index contributed by atoms with van der Waals surface area (Å²) in [6.45, 7) is 1.93. The lowest BCUT2D eigenvalue weighted by atomic mass is 10.9. The molecule has 0 atom stereocenters. The van der Waals surface area contributed by atoms with Gasteiger partial charge in [0, 0.05) is 6.61 Å². The average molecular weight is 183 g/mol. The summed E-state index contributed by atoms with van der Waals surface area (Å²) in [6, 6.07) is 0. The van der Waals surface area contributed by atoms with Gasteiger partial charge in [0.25, 0.3) is 0 Å². The molecule has 0 aromatic rings. The van der Waals surface area contributed by atoms with Crippen molar-refractivity contribution in [2.24, 2.45) is 0 Å². The highest BCUT2D eigenvalue weighted by atomic mass is 36.0. The summed E-state index contributed by atoms with van der Waals surface area (Å²) in [6.07, 6.45) is 0. The van der Waals surface area contributed by atoms with Crippen molar-refractivity contribution in [3.05, 3.63) is 0 Å². The minimum atomic E-state index is -1.67. The molecule has 0 bridgehead atoms. The van der Waals surface area contributed by atoms with Gasteiger partial charge in [0.2, 0.25) is 0 Å². The normalized spacial score (nSPS) is 6.75. The number of hydrogen-bond donors (Lipinski definition) is 1. The summed E-state index contributed by atoms with van der Waals surface area (Å²) in [5, 5.41) is 7.57. The van der Waals surface area contributed by atoms with Crippen LogP contribution in [0.2, 0.25) is 0 Å². The first-order chi connectivity index (χ1) is 3.15. The number of aliphatic hydroxyl groups is 1. The molecule has 0 saturated heterocycles. The Morgan fingerprint density at radius 3 is 1.62 bits per heavy atom. The molecular formula is C2H8Cl2O3S. The molecule has 3 N–H and O–H groups in total. The first kappa shape index (κ1) is 15.9. The highest BCUT2D eigenvalue weighted by molar-refractivity contribution is 8.31. The monoisotopic (exact) mass is 182 g/mol. The van der Waals surface area contributed by atoms with Crippen molar-refractivity contribution in [2.75, 3.05) is 6.61 Å². The second kappa shape index (κ2) is 15.7. The van der Waals surface area contributed by atoms with Crippen molar-refractivity contribution < 1.29 is 15.1 Å². The molecule has 0 aromatic heterocycles. The van der Waals surface area contributed by atoms with Gasteiger partial charge in [-0.25, -0.2) is 0 Å². The van der Waals surface area contributed by atoms with Gasteiger partial charge in [-0.05, 0) is 6.92 Å². The van der Waals surface area contributed by atoms with Gasteiger partial charge in [-0.3, -0.25) is 0 Å². The SMILES string of the molecule is CCO.O.[O-][S+](Cl)Cl. The number of rotatable bonds is 0. The molecule has 0 aliphatic carbocycles. The number of halogens is 2. The average Bonchev–Trinajstić information content (AvgIpc) is 1.33. The van der Waals surface area contributed by atoms with E-state index in [1.165, 1.54) is 0 Å². The predicted molar refractivity (Wildman–Crippen MR) is 36.2 cm³/mol. The maximum Gasteiger partial charge on any atom is 0.198 e. The van der Waals surface area contributed by atoms with Crippen LogP contribution in [0.25, 0.3) is 0 Å². The van der Waals surface area contributed by atoms with Crippen LogP contribution in [0.4, 0.5) is 0 Å². The topological polar surface area (TPSA) is 74.8 Å². The first-order valence-electron chi connectivity index (χ1n) is 1.50. The molecule has 0 spiro atoms. The molecule has 3 nitrogen and oxygen atoms in total. The zero-order valence-corrected chi connectivity index (χ0v) is 6.56. The predicted octanol–water partition coefficient (Wildman–Crippen LogP) is 0.217. The molecule has 0 amide bonds. The Balaban J connectivity index is -0.0000000575. The second-order valence-electron chi connectivity index (χ2n) is 0.501. The summed E-state index contributed by atoms with van der Waals surface area (Å²) in [5.74, 6) is 0. The first-order valence-corrected chi connectivity index (χ1v) is 4.30. The standard InChI is InChI=1S/C2H6O.Cl2OS.H2O/c1-2-3;1-4(2)3;/h3H,2H2,1H3;;1H2. The summed E-state index contributed by atoms with van der Waals surface area (Å²) >= 11 is 0. The maximum absolute atomic E-state index is 9.09. The third-order valence-electron chi connectivity index (χ3n) is 0. The van der Waals surface area contributed by atoms with E-state index in [0.717, 1.165) is 0 Å². The highest BCUT2D eigenvalue weighted by Crippen LogP contribution is 1.98. The van der Waals surface area contributed by atoms with Crippen LogP contribution < -0.4 is 0 Å². The fraction of sp³-hybridized carbons (Fsp3) is 1.00. The van der Waals surface area contributed by atoms with E-state index in [1.807, 2.05) is 0 Å². The van der Waals surface area contributed by atoms with Gasteiger partial charge in [-0.2, -0.15) is 0 Å². The van der Waals surface area contributed by atoms with Crippen molar-refractivity contribution in [1.29, 1.82) is 0 Å². The lowest BCUT2D eigenvalue weighted by Crippen LogP contribution is -1.63. The molecule has 0 radical (unpaired) electrons. The van der Waals surface area contributed by atoms with Gasteiger partial charge in [0.15, 0.2) is 31.0 Å². The minimum absolute atomic E-state index is 0. The highest BCUT2D eigenvalue weighted by Gasteiger charge is 1.83. The zero-order chi connectivity index (χ0) is 6.28. The fourth-order valence-corrected chi connectivity index (χ4v) is 0. The molecule has 8 heavy (non-hydrogen) atoms. The van der Waals surface area contributed by atoms with Crippen molar-refractivity contribution in [3.63, 3.8) is 0 Å². The van der Waals surface area contributed by atoms with Crippen molar-refractivity contribution >= 4 is 31.0 Å². The van der Waals surface area contributed by atoms with Crippen molar-refractivity contribution in [2.45, 2.75) is 6.92 Å². The van der Waals surface area contributed by atoms with E-state index >= 15 is 0 Å². The van der Waals surface area contributed by atoms with Gasteiger partial charge < -0.3 is 15.1 Å². The molecule has 0 aromatic carbocycles. The zero-order valence-electron chi connectivity index (χ0n) is 4.23. The molecule has 54 valence electrons. The van der Waals surface area contributed by atoms with E-state index in [0.29, 0.717) is 0 Å². The molecule has 0 aliphatic rings. The van der Waals surface area contributed by atoms with Gasteiger partial charge in [-0.15, -0.1) is 0 Å². The summed E-state index contributed by atoms with van der Waals surface area (Å²) < 4.78 is 9.09. The Morgan fingerprint density at radius 1 is 1.62 bits per heavy atom. The Hall–Kier alpha value is 0.810. The Kier molecular flexibility index (Phi) is 31.2. The lowest BCUT2D eigenvalue weighted by molar-refractivity contribution is 0.318. The molecule has 0 rings (SSSR count). The number of hydrogen-bond acceptors (Lipinski definition) is 2. The molecule has 6 heteroatoms. The van der Waals surface area contributed by atoms with Crippen LogP contribution in [0.3, 0.4) is 0 Å². The van der Waals surface area contributed by atoms with Gasteiger partial charge in [0.05, 0.1) is 0 Å². The van der Waals surface area contributed by atoms with Gasteiger partial charge >= 0.3 is 0 Å². The number of aliphatic hydroxyl groups excluding tert-OH is 1. The summed E-state index contributed by atoms with van der Waals surface area (Å²) in [5.41, 5.74) is 0. The quantitative estimate of drug-likeness (QED) is 0.545. The Morgan fingerprint density at radius 2 is 1.62 bits per heavy atom. The van der Waals surface area contributed by atoms with Crippen LogP contribution in [0.1, 0.15) is 6.92 Å². The molecule has 0 aliphatic heterocycles. The van der Waals surface area contributed by atoms with Gasteiger partial charge in [0.1, 0.15) is 0 Å². The van der Waals surface area contributed by atoms with Crippen LogP contribution >= 0.6 is 21.4 Å². The van der Waals surface area contributed by atoms with E-state index < -0.39 is 9.60 Å². The van der Waals surface area contributed by atoms with Crippen LogP contribution in [0.15, 0.2) is 0 Å². The lowest BCUT2D eigenvalue weighted by Gasteiger charge is -1.73. The van der Waals surface area contributed by atoms with Crippen LogP contribution in [0.5, 0.6) is 0 Å². The third kappa shape index (κ3) is 350. The van der Waals surface area contributed by atoms with E-state index in [-0.39, 0.29) is 12.1 Å². The van der Waals surface area contributed by atoms with E-state index in [1.54, 1.807) is 6.92 Å². The van der Waals surface area contributed by atoms with Crippen molar-refractivity contribution in [3.8, 4) is 0 Å². The third-order valence-corrected chi connectivity index (χ3v) is 0.